The highest BCUT2D eigenvalue weighted by Gasteiger charge is 2.48. The van der Waals surface area contributed by atoms with Gasteiger partial charge in [0.1, 0.15) is 24.0 Å². The Labute approximate surface area is 199 Å². The van der Waals surface area contributed by atoms with Crippen LogP contribution in [0, 0.1) is 5.92 Å². The zero-order valence-electron chi connectivity index (χ0n) is 19.9. The number of cyclic esters (lactones) is 1. The zero-order chi connectivity index (χ0) is 24.5. The summed E-state index contributed by atoms with van der Waals surface area (Å²) in [5.74, 6) is -0.599. The number of imide groups is 1. The molecule has 8 nitrogen and oxygen atoms in total. The van der Waals surface area contributed by atoms with Gasteiger partial charge in [0.05, 0.1) is 13.0 Å². The molecule has 0 spiro atoms. The zero-order valence-corrected chi connectivity index (χ0v) is 19.9. The van der Waals surface area contributed by atoms with E-state index in [1.807, 2.05) is 54.6 Å². The van der Waals surface area contributed by atoms with Crippen LogP contribution in [0.25, 0.3) is 0 Å². The molecule has 2 aliphatic rings. The fourth-order valence-electron chi connectivity index (χ4n) is 4.48. The third-order valence-electron chi connectivity index (χ3n) is 6.13. The SMILES string of the molecule is COc1ccc([C@@H]2CN(C(=O)OC(C)(C)C)C[C@@H]2C(=O)N2C(=O)OCC2c2ccccc2)cc1. The van der Waals surface area contributed by atoms with Gasteiger partial charge in [-0.2, -0.15) is 0 Å². The van der Waals surface area contributed by atoms with Gasteiger partial charge in [0.15, 0.2) is 0 Å². The largest absolute Gasteiger partial charge is 0.497 e. The summed E-state index contributed by atoms with van der Waals surface area (Å²) in [4.78, 5) is 42.1. The van der Waals surface area contributed by atoms with Crippen LogP contribution in [0.2, 0.25) is 0 Å². The number of hydrogen-bond acceptors (Lipinski definition) is 6. The van der Waals surface area contributed by atoms with Gasteiger partial charge >= 0.3 is 12.2 Å². The van der Waals surface area contributed by atoms with Crippen molar-refractivity contribution in [3.05, 3.63) is 65.7 Å². The van der Waals surface area contributed by atoms with Crippen LogP contribution in [-0.4, -0.2) is 60.3 Å². The molecule has 0 aromatic heterocycles. The van der Waals surface area contributed by atoms with Gasteiger partial charge < -0.3 is 19.1 Å². The summed E-state index contributed by atoms with van der Waals surface area (Å²) in [5, 5.41) is 0. The predicted molar refractivity (Wildman–Crippen MR) is 124 cm³/mol. The van der Waals surface area contributed by atoms with Crippen LogP contribution in [0.3, 0.4) is 0 Å². The van der Waals surface area contributed by atoms with Crippen molar-refractivity contribution in [3.63, 3.8) is 0 Å². The molecule has 0 radical (unpaired) electrons. The predicted octanol–water partition coefficient (Wildman–Crippen LogP) is 4.37. The van der Waals surface area contributed by atoms with E-state index in [1.54, 1.807) is 32.8 Å². The van der Waals surface area contributed by atoms with Crippen molar-refractivity contribution in [2.24, 2.45) is 5.92 Å². The summed E-state index contributed by atoms with van der Waals surface area (Å²) < 4.78 is 16.1. The van der Waals surface area contributed by atoms with E-state index in [2.05, 4.69) is 0 Å². The molecule has 0 bridgehead atoms. The third-order valence-corrected chi connectivity index (χ3v) is 6.13. The molecule has 180 valence electrons. The average molecular weight is 467 g/mol. The van der Waals surface area contributed by atoms with Gasteiger partial charge in [0.2, 0.25) is 5.91 Å². The molecule has 0 N–H and O–H groups in total. The number of carbonyl (C=O) groups excluding carboxylic acids is 3. The lowest BCUT2D eigenvalue weighted by Gasteiger charge is -2.26. The summed E-state index contributed by atoms with van der Waals surface area (Å²) in [5.41, 5.74) is 1.05. The van der Waals surface area contributed by atoms with Gasteiger partial charge in [-0.3, -0.25) is 4.79 Å². The number of ether oxygens (including phenoxy) is 3. The Kier molecular flexibility index (Phi) is 6.50. The van der Waals surface area contributed by atoms with Crippen LogP contribution in [0.4, 0.5) is 9.59 Å². The lowest BCUT2D eigenvalue weighted by molar-refractivity contribution is -0.133. The number of nitrogens with zero attached hydrogens (tertiary/aromatic N) is 2. The van der Waals surface area contributed by atoms with Gasteiger partial charge in [-0.1, -0.05) is 42.5 Å². The minimum absolute atomic E-state index is 0.101. The molecule has 0 saturated carbocycles. The number of likely N-dealkylation sites (tertiary alicyclic amines) is 1. The number of rotatable bonds is 4. The van der Waals surface area contributed by atoms with Gasteiger partial charge in [-0.25, -0.2) is 14.5 Å². The van der Waals surface area contributed by atoms with Crippen LogP contribution in [0.5, 0.6) is 5.75 Å². The van der Waals surface area contributed by atoms with Gasteiger partial charge in [0.25, 0.3) is 0 Å². The fraction of sp³-hybridized carbons (Fsp3) is 0.423. The Hall–Kier alpha value is -3.55. The van der Waals surface area contributed by atoms with Gasteiger partial charge in [-0.05, 0) is 44.0 Å². The molecule has 34 heavy (non-hydrogen) atoms. The first-order valence-corrected chi connectivity index (χ1v) is 11.3. The van der Waals surface area contributed by atoms with E-state index in [0.29, 0.717) is 12.3 Å². The molecule has 1 unspecified atom stereocenters. The number of hydrogen-bond donors (Lipinski definition) is 0. The Morgan fingerprint density at radius 3 is 2.26 bits per heavy atom. The molecular formula is C26H30N2O6. The van der Waals surface area contributed by atoms with Crippen molar-refractivity contribution in [1.82, 2.24) is 9.80 Å². The van der Waals surface area contributed by atoms with E-state index in [9.17, 15) is 14.4 Å². The molecule has 2 aromatic rings. The second kappa shape index (κ2) is 9.37. The van der Waals surface area contributed by atoms with E-state index < -0.39 is 29.7 Å². The van der Waals surface area contributed by atoms with Crippen molar-refractivity contribution in [2.45, 2.75) is 38.3 Å². The number of methoxy groups -OCH3 is 1. The van der Waals surface area contributed by atoms with E-state index in [-0.39, 0.29) is 25.0 Å². The van der Waals surface area contributed by atoms with E-state index in [0.717, 1.165) is 11.1 Å². The highest BCUT2D eigenvalue weighted by Crippen LogP contribution is 2.38. The van der Waals surface area contributed by atoms with E-state index >= 15 is 0 Å². The Bertz CT molecular complexity index is 1050. The summed E-state index contributed by atoms with van der Waals surface area (Å²) in [7, 11) is 1.59. The minimum Gasteiger partial charge on any atom is -0.497 e. The van der Waals surface area contributed by atoms with E-state index in [4.69, 9.17) is 14.2 Å². The molecule has 3 amide bonds. The molecule has 0 aliphatic carbocycles. The molecule has 2 saturated heterocycles. The summed E-state index contributed by atoms with van der Waals surface area (Å²) in [6.45, 7) is 5.95. The normalized spacial score (nSPS) is 22.5. The van der Waals surface area contributed by atoms with Crippen molar-refractivity contribution in [2.75, 3.05) is 26.8 Å². The van der Waals surface area contributed by atoms with Gasteiger partial charge in [-0.15, -0.1) is 0 Å². The number of amides is 3. The Balaban J connectivity index is 1.64. The van der Waals surface area contributed by atoms with Gasteiger partial charge in [0, 0.05) is 19.0 Å². The second-order valence-corrected chi connectivity index (χ2v) is 9.58. The van der Waals surface area contributed by atoms with Crippen LogP contribution in [0.15, 0.2) is 54.6 Å². The first-order valence-electron chi connectivity index (χ1n) is 11.3. The number of carbonyl (C=O) groups is 3. The fourth-order valence-corrected chi connectivity index (χ4v) is 4.48. The standard InChI is InChI=1S/C26H30N2O6/c1-26(2,3)34-24(30)27-14-20(17-10-12-19(32-4)13-11-17)21(15-27)23(29)28-22(16-33-25(28)31)18-8-6-5-7-9-18/h5-13,20-22H,14-16H2,1-4H3/t20-,21-,22?/m0/s1. The minimum atomic E-state index is -0.664. The van der Waals surface area contributed by atoms with Crippen molar-refractivity contribution in [3.8, 4) is 5.75 Å². The molecule has 8 heteroatoms. The molecule has 2 aromatic carbocycles. The highest BCUT2D eigenvalue weighted by molar-refractivity contribution is 5.96. The number of benzene rings is 2. The maximum Gasteiger partial charge on any atom is 0.417 e. The molecule has 3 atom stereocenters. The van der Waals surface area contributed by atoms with Crippen molar-refractivity contribution in [1.29, 1.82) is 0 Å². The second-order valence-electron chi connectivity index (χ2n) is 9.58. The summed E-state index contributed by atoms with van der Waals surface area (Å²) in [6, 6.07) is 16.3. The van der Waals surface area contributed by atoms with Crippen LogP contribution in [-0.2, 0) is 14.3 Å². The first-order chi connectivity index (χ1) is 16.2. The maximum atomic E-state index is 13.8. The Morgan fingerprint density at radius 1 is 0.971 bits per heavy atom. The molecule has 2 aliphatic heterocycles. The van der Waals surface area contributed by atoms with Crippen molar-refractivity contribution < 1.29 is 28.6 Å². The maximum absolute atomic E-state index is 13.8. The van der Waals surface area contributed by atoms with Crippen LogP contribution >= 0.6 is 0 Å². The molecular weight excluding hydrogens is 436 g/mol. The third kappa shape index (κ3) is 4.85. The molecule has 2 fully saturated rings. The Morgan fingerprint density at radius 2 is 1.65 bits per heavy atom. The quantitative estimate of drug-likeness (QED) is 0.665. The highest BCUT2D eigenvalue weighted by atomic mass is 16.6. The molecule has 4 rings (SSSR count). The average Bonchev–Trinajstić information content (AvgIpc) is 3.43. The summed E-state index contributed by atoms with van der Waals surface area (Å²) in [6.07, 6.45) is -1.15. The monoisotopic (exact) mass is 466 g/mol. The van der Waals surface area contributed by atoms with Crippen molar-refractivity contribution >= 4 is 18.1 Å². The molecule has 2 heterocycles. The lowest BCUT2D eigenvalue weighted by Crippen LogP contribution is -2.41. The lowest BCUT2D eigenvalue weighted by atomic mass is 9.87. The smallest absolute Gasteiger partial charge is 0.417 e. The summed E-state index contributed by atoms with van der Waals surface area (Å²) >= 11 is 0. The first kappa shape index (κ1) is 23.6. The van der Waals surface area contributed by atoms with E-state index in [1.165, 1.54) is 4.90 Å². The topological polar surface area (TPSA) is 85.4 Å². The van der Waals surface area contributed by atoms with Crippen LogP contribution in [0.1, 0.15) is 43.9 Å². The van der Waals surface area contributed by atoms with Crippen LogP contribution < -0.4 is 4.74 Å².